The van der Waals surface area contributed by atoms with Gasteiger partial charge in [-0.05, 0) is 55.9 Å². The molecule has 0 spiro atoms. The molecule has 3 heteroatoms. The minimum Gasteiger partial charge on any atom is -0.353 e. The molecule has 3 N–H and O–H groups in total. The molecule has 0 heterocycles. The van der Waals surface area contributed by atoms with Gasteiger partial charge in [-0.2, -0.15) is 0 Å². The molecule has 0 aromatic carbocycles. The predicted molar refractivity (Wildman–Crippen MR) is 80.9 cm³/mol. The van der Waals surface area contributed by atoms with E-state index >= 15 is 0 Å². The van der Waals surface area contributed by atoms with Crippen molar-refractivity contribution in [3.8, 4) is 0 Å². The van der Waals surface area contributed by atoms with Crippen LogP contribution in [0, 0.1) is 10.8 Å². The Morgan fingerprint density at radius 2 is 1.84 bits per heavy atom. The summed E-state index contributed by atoms with van der Waals surface area (Å²) in [6.07, 6.45) is 7.24. The number of hydrogen-bond donors (Lipinski definition) is 2. The van der Waals surface area contributed by atoms with Crippen molar-refractivity contribution in [3.05, 3.63) is 0 Å². The molecule has 1 amide bonds. The van der Waals surface area contributed by atoms with E-state index in [0.29, 0.717) is 24.4 Å². The highest BCUT2D eigenvalue weighted by molar-refractivity contribution is 5.76. The van der Waals surface area contributed by atoms with E-state index in [-0.39, 0.29) is 11.3 Å². The molecular formula is C16H32N2O. The van der Waals surface area contributed by atoms with Gasteiger partial charge >= 0.3 is 0 Å². The number of carbonyl (C=O) groups is 1. The second kappa shape index (κ2) is 6.74. The number of nitrogens with two attached hydrogens (primary N) is 1. The SMILES string of the molecule is CC(C)(CCN)CCC(=O)NC1CCC(C)(C)CC1. The average Bonchev–Trinajstić information content (AvgIpc) is 2.30. The maximum atomic E-state index is 12.0. The molecule has 0 aliphatic heterocycles. The Bertz CT molecular complexity index is 287. The van der Waals surface area contributed by atoms with Gasteiger partial charge in [0, 0.05) is 12.5 Å². The lowest BCUT2D eigenvalue weighted by molar-refractivity contribution is -0.122. The van der Waals surface area contributed by atoms with Gasteiger partial charge in [-0.3, -0.25) is 4.79 Å². The normalized spacial score (nSPS) is 20.3. The highest BCUT2D eigenvalue weighted by atomic mass is 16.1. The van der Waals surface area contributed by atoms with Crippen LogP contribution >= 0.6 is 0 Å². The second-order valence-corrected chi connectivity index (χ2v) is 7.71. The van der Waals surface area contributed by atoms with Crippen LogP contribution < -0.4 is 11.1 Å². The third-order valence-electron chi connectivity index (χ3n) is 4.55. The summed E-state index contributed by atoms with van der Waals surface area (Å²) in [5.74, 6) is 0.217. The standard InChI is InChI=1S/C16H32N2O/c1-15(2)8-5-13(6-9-15)18-14(19)7-10-16(3,4)11-12-17/h13H,5-12,17H2,1-4H3,(H,18,19). The summed E-state index contributed by atoms with van der Waals surface area (Å²) >= 11 is 0. The Morgan fingerprint density at radius 1 is 1.26 bits per heavy atom. The fourth-order valence-corrected chi connectivity index (χ4v) is 2.81. The smallest absolute Gasteiger partial charge is 0.220 e. The lowest BCUT2D eigenvalue weighted by atomic mass is 9.75. The fraction of sp³-hybridized carbons (Fsp3) is 0.938. The topological polar surface area (TPSA) is 55.1 Å². The highest BCUT2D eigenvalue weighted by Gasteiger charge is 2.27. The van der Waals surface area contributed by atoms with E-state index in [1.807, 2.05) is 0 Å². The third-order valence-corrected chi connectivity index (χ3v) is 4.55. The number of rotatable bonds is 6. The van der Waals surface area contributed by atoms with Gasteiger partial charge in [0.05, 0.1) is 0 Å². The lowest BCUT2D eigenvalue weighted by Crippen LogP contribution is -2.39. The third kappa shape index (κ3) is 6.42. The van der Waals surface area contributed by atoms with Crippen LogP contribution in [0.2, 0.25) is 0 Å². The lowest BCUT2D eigenvalue weighted by Gasteiger charge is -2.34. The molecule has 0 saturated heterocycles. The monoisotopic (exact) mass is 268 g/mol. The molecule has 0 unspecified atom stereocenters. The molecular weight excluding hydrogens is 236 g/mol. The van der Waals surface area contributed by atoms with Crippen molar-refractivity contribution in [3.63, 3.8) is 0 Å². The molecule has 0 bridgehead atoms. The van der Waals surface area contributed by atoms with Gasteiger partial charge in [0.15, 0.2) is 0 Å². The number of hydrogen-bond acceptors (Lipinski definition) is 2. The second-order valence-electron chi connectivity index (χ2n) is 7.71. The van der Waals surface area contributed by atoms with E-state index in [1.54, 1.807) is 0 Å². The van der Waals surface area contributed by atoms with E-state index in [0.717, 1.165) is 25.7 Å². The van der Waals surface area contributed by atoms with Crippen LogP contribution in [0.5, 0.6) is 0 Å². The predicted octanol–water partition coefficient (Wildman–Crippen LogP) is 3.23. The molecule has 112 valence electrons. The zero-order valence-electron chi connectivity index (χ0n) is 13.2. The van der Waals surface area contributed by atoms with Gasteiger partial charge in [0.1, 0.15) is 0 Å². The van der Waals surface area contributed by atoms with Gasteiger partial charge in [-0.25, -0.2) is 0 Å². The zero-order chi connectivity index (χ0) is 14.5. The largest absolute Gasteiger partial charge is 0.353 e. The maximum absolute atomic E-state index is 12.0. The van der Waals surface area contributed by atoms with Crippen molar-refractivity contribution in [2.24, 2.45) is 16.6 Å². The maximum Gasteiger partial charge on any atom is 0.220 e. The van der Waals surface area contributed by atoms with Crippen LogP contribution in [0.3, 0.4) is 0 Å². The Kier molecular flexibility index (Phi) is 5.84. The van der Waals surface area contributed by atoms with Crippen LogP contribution in [-0.2, 0) is 4.79 Å². The van der Waals surface area contributed by atoms with E-state index in [1.165, 1.54) is 12.8 Å². The molecule has 1 aliphatic rings. The number of amides is 1. The molecule has 1 fully saturated rings. The number of carbonyl (C=O) groups excluding carboxylic acids is 1. The minimum absolute atomic E-state index is 0.181. The first kappa shape index (κ1) is 16.5. The van der Waals surface area contributed by atoms with E-state index in [2.05, 4.69) is 33.0 Å². The van der Waals surface area contributed by atoms with Gasteiger partial charge in [0.25, 0.3) is 0 Å². The molecule has 19 heavy (non-hydrogen) atoms. The zero-order valence-corrected chi connectivity index (χ0v) is 13.2. The first-order valence-corrected chi connectivity index (χ1v) is 7.74. The fourth-order valence-electron chi connectivity index (χ4n) is 2.81. The van der Waals surface area contributed by atoms with Crippen molar-refractivity contribution in [1.82, 2.24) is 5.32 Å². The van der Waals surface area contributed by atoms with Crippen molar-refractivity contribution >= 4 is 5.91 Å². The van der Waals surface area contributed by atoms with Crippen LogP contribution in [-0.4, -0.2) is 18.5 Å². The summed E-state index contributed by atoms with van der Waals surface area (Å²) in [6.45, 7) is 9.72. The van der Waals surface area contributed by atoms with Gasteiger partial charge in [-0.1, -0.05) is 27.7 Å². The molecule has 3 nitrogen and oxygen atoms in total. The Morgan fingerprint density at radius 3 is 2.37 bits per heavy atom. The first-order chi connectivity index (χ1) is 8.74. The summed E-state index contributed by atoms with van der Waals surface area (Å²) in [4.78, 5) is 12.0. The van der Waals surface area contributed by atoms with Crippen molar-refractivity contribution in [2.45, 2.75) is 78.7 Å². The first-order valence-electron chi connectivity index (χ1n) is 7.74. The van der Waals surface area contributed by atoms with Crippen LogP contribution in [0.4, 0.5) is 0 Å². The summed E-state index contributed by atoms with van der Waals surface area (Å²) in [7, 11) is 0. The quantitative estimate of drug-likeness (QED) is 0.777. The van der Waals surface area contributed by atoms with Crippen molar-refractivity contribution < 1.29 is 4.79 Å². The molecule has 1 rings (SSSR count). The highest BCUT2D eigenvalue weighted by Crippen LogP contribution is 2.35. The van der Waals surface area contributed by atoms with Gasteiger partial charge < -0.3 is 11.1 Å². The van der Waals surface area contributed by atoms with Crippen LogP contribution in [0.1, 0.15) is 72.6 Å². The van der Waals surface area contributed by atoms with E-state index in [9.17, 15) is 4.79 Å². The molecule has 0 aromatic rings. The van der Waals surface area contributed by atoms with Crippen LogP contribution in [0.25, 0.3) is 0 Å². The molecule has 0 aromatic heterocycles. The molecule has 0 atom stereocenters. The minimum atomic E-state index is 0.181. The molecule has 0 radical (unpaired) electrons. The van der Waals surface area contributed by atoms with Crippen LogP contribution in [0.15, 0.2) is 0 Å². The van der Waals surface area contributed by atoms with Crippen molar-refractivity contribution in [1.29, 1.82) is 0 Å². The van der Waals surface area contributed by atoms with Crippen molar-refractivity contribution in [2.75, 3.05) is 6.54 Å². The molecule has 1 saturated carbocycles. The summed E-state index contributed by atoms with van der Waals surface area (Å²) < 4.78 is 0. The Labute approximate surface area is 118 Å². The average molecular weight is 268 g/mol. The summed E-state index contributed by atoms with van der Waals surface area (Å²) in [5, 5.41) is 3.20. The van der Waals surface area contributed by atoms with Gasteiger partial charge in [-0.15, -0.1) is 0 Å². The molecule has 1 aliphatic carbocycles. The summed E-state index contributed by atoms with van der Waals surface area (Å²) in [5.41, 5.74) is 6.24. The van der Waals surface area contributed by atoms with E-state index in [4.69, 9.17) is 5.73 Å². The van der Waals surface area contributed by atoms with Gasteiger partial charge in [0.2, 0.25) is 5.91 Å². The Balaban J connectivity index is 2.25. The Hall–Kier alpha value is -0.570. The van der Waals surface area contributed by atoms with E-state index < -0.39 is 0 Å². The number of nitrogens with one attached hydrogen (secondary N) is 1. The summed E-state index contributed by atoms with van der Waals surface area (Å²) in [6, 6.07) is 0.401.